The van der Waals surface area contributed by atoms with Crippen molar-refractivity contribution >= 4 is 47.2 Å². The summed E-state index contributed by atoms with van der Waals surface area (Å²) < 4.78 is 9.86. The lowest BCUT2D eigenvalue weighted by atomic mass is 9.72. The molecule has 3 saturated heterocycles. The predicted octanol–water partition coefficient (Wildman–Crippen LogP) is 1.33. The molecule has 14 heteroatoms. The van der Waals surface area contributed by atoms with E-state index in [2.05, 4.69) is 15.6 Å². The van der Waals surface area contributed by atoms with E-state index in [4.69, 9.17) is 15.2 Å². The molecule has 1 aliphatic carbocycles. The molecule has 3 heterocycles. The number of ether oxygens (including phenoxy) is 2. The molecule has 3 aliphatic heterocycles. The Kier molecular flexibility index (Phi) is 9.94. The number of amidine groups is 1. The molecule has 5 amide bonds. The molecule has 4 fully saturated rings. The zero-order chi connectivity index (χ0) is 32.8. The average molecular weight is 633 g/mol. The van der Waals surface area contributed by atoms with E-state index in [-0.39, 0.29) is 42.6 Å². The van der Waals surface area contributed by atoms with Gasteiger partial charge in [0.05, 0.1) is 20.1 Å². The van der Waals surface area contributed by atoms with E-state index in [1.165, 1.54) is 7.11 Å². The maximum atomic E-state index is 13.6. The Morgan fingerprint density at radius 1 is 0.935 bits per heavy atom. The van der Waals surface area contributed by atoms with Gasteiger partial charge in [-0.05, 0) is 61.4 Å². The summed E-state index contributed by atoms with van der Waals surface area (Å²) in [5.41, 5.74) is 7.55. The third-order valence-corrected chi connectivity index (χ3v) is 8.56. The van der Waals surface area contributed by atoms with Gasteiger partial charge in [-0.25, -0.2) is 4.79 Å². The number of piperidine rings is 2. The number of nitrogens with zero attached hydrogens (tertiary/aromatic N) is 3. The number of hydrogen-bond acceptors (Lipinski definition) is 8. The van der Waals surface area contributed by atoms with Crippen LogP contribution in [0.1, 0.15) is 43.2 Å². The lowest BCUT2D eigenvalue weighted by Crippen LogP contribution is -2.72. The van der Waals surface area contributed by atoms with Crippen LogP contribution in [-0.2, 0) is 40.1 Å². The van der Waals surface area contributed by atoms with Gasteiger partial charge >= 0.3 is 12.1 Å². The van der Waals surface area contributed by atoms with Crippen molar-refractivity contribution in [2.45, 2.75) is 56.8 Å². The topological polar surface area (TPSA) is 190 Å². The van der Waals surface area contributed by atoms with Crippen molar-refractivity contribution in [3.63, 3.8) is 0 Å². The fourth-order valence-corrected chi connectivity index (χ4v) is 6.28. The van der Waals surface area contributed by atoms with Crippen molar-refractivity contribution in [2.24, 2.45) is 16.6 Å². The van der Waals surface area contributed by atoms with Crippen LogP contribution in [0.15, 0.2) is 59.6 Å². The van der Waals surface area contributed by atoms with Crippen molar-refractivity contribution in [3.8, 4) is 0 Å². The summed E-state index contributed by atoms with van der Waals surface area (Å²) in [6.07, 6.45) is 2.07. The summed E-state index contributed by atoms with van der Waals surface area (Å²) in [4.78, 5) is 83.2. The number of anilines is 1. The van der Waals surface area contributed by atoms with E-state index in [0.29, 0.717) is 11.3 Å². The highest BCUT2D eigenvalue weighted by Crippen LogP contribution is 2.43. The number of benzene rings is 2. The van der Waals surface area contributed by atoms with E-state index in [1.807, 2.05) is 30.3 Å². The molecule has 2 aromatic carbocycles. The Morgan fingerprint density at radius 2 is 1.63 bits per heavy atom. The SMILES string of the molecule is COC(=O)C[C@H]1C(=O)N2C3CCC(CC3)[C@H]2C(=O)N1CC(=O)NCC(=O)Nc1ccc(/C(N)=N\C(=O)OCc2ccccc2)cc1. The molecule has 2 bridgehead atoms. The normalized spacial score (nSPS) is 22.2. The Bertz CT molecular complexity index is 1520. The van der Waals surface area contributed by atoms with Gasteiger partial charge in [0.2, 0.25) is 23.6 Å². The highest BCUT2D eigenvalue weighted by atomic mass is 16.5. The van der Waals surface area contributed by atoms with Crippen LogP contribution in [0, 0.1) is 5.92 Å². The van der Waals surface area contributed by atoms with Crippen LogP contribution in [0.4, 0.5) is 10.5 Å². The van der Waals surface area contributed by atoms with E-state index in [1.54, 1.807) is 29.2 Å². The van der Waals surface area contributed by atoms with Gasteiger partial charge in [-0.2, -0.15) is 4.99 Å². The summed E-state index contributed by atoms with van der Waals surface area (Å²) in [5.74, 6) is -2.64. The first-order chi connectivity index (χ1) is 22.1. The molecular formula is C32H36N6O8. The van der Waals surface area contributed by atoms with E-state index < -0.39 is 49.1 Å². The minimum Gasteiger partial charge on any atom is -0.469 e. The van der Waals surface area contributed by atoms with Crippen LogP contribution >= 0.6 is 0 Å². The number of nitrogens with two attached hydrogens (primary N) is 1. The molecule has 242 valence electrons. The van der Waals surface area contributed by atoms with Gasteiger partial charge in [0.15, 0.2) is 0 Å². The summed E-state index contributed by atoms with van der Waals surface area (Å²) in [6, 6.07) is 13.5. The van der Waals surface area contributed by atoms with Gasteiger partial charge in [0.25, 0.3) is 0 Å². The number of rotatable bonds is 10. The van der Waals surface area contributed by atoms with E-state index in [9.17, 15) is 28.8 Å². The highest BCUT2D eigenvalue weighted by Gasteiger charge is 2.55. The number of piperazine rings is 1. The minimum absolute atomic E-state index is 0.0123. The highest BCUT2D eigenvalue weighted by molar-refractivity contribution is 6.04. The molecule has 14 nitrogen and oxygen atoms in total. The Hall–Kier alpha value is -5.27. The number of aliphatic imine (C=N–C) groups is 1. The smallest absolute Gasteiger partial charge is 0.435 e. The number of fused-ring (bicyclic) bond motifs is 2. The van der Waals surface area contributed by atoms with Gasteiger partial charge in [0.1, 0.15) is 31.1 Å². The second-order valence-corrected chi connectivity index (χ2v) is 11.5. The predicted molar refractivity (Wildman–Crippen MR) is 164 cm³/mol. The summed E-state index contributed by atoms with van der Waals surface area (Å²) >= 11 is 0. The number of carbonyl (C=O) groups excluding carboxylic acids is 6. The molecule has 0 spiro atoms. The van der Waals surface area contributed by atoms with Gasteiger partial charge in [0, 0.05) is 17.3 Å². The zero-order valence-electron chi connectivity index (χ0n) is 25.3. The summed E-state index contributed by atoms with van der Waals surface area (Å²) in [5, 5.41) is 5.11. The molecule has 0 unspecified atom stereocenters. The second kappa shape index (κ2) is 14.2. The van der Waals surface area contributed by atoms with E-state index >= 15 is 0 Å². The maximum Gasteiger partial charge on any atom is 0.435 e. The average Bonchev–Trinajstić information content (AvgIpc) is 3.07. The van der Waals surface area contributed by atoms with Gasteiger partial charge < -0.3 is 35.6 Å². The quantitative estimate of drug-likeness (QED) is 0.197. The van der Waals surface area contributed by atoms with Crippen LogP contribution < -0.4 is 16.4 Å². The van der Waals surface area contributed by atoms with Crippen LogP contribution in [0.3, 0.4) is 0 Å². The zero-order valence-corrected chi connectivity index (χ0v) is 25.3. The minimum atomic E-state index is -1.16. The number of hydrogen-bond donors (Lipinski definition) is 3. The van der Waals surface area contributed by atoms with Crippen molar-refractivity contribution in [1.29, 1.82) is 0 Å². The molecule has 1 saturated carbocycles. The summed E-state index contributed by atoms with van der Waals surface area (Å²) in [6.45, 7) is -0.837. The second-order valence-electron chi connectivity index (χ2n) is 11.5. The van der Waals surface area contributed by atoms with Crippen LogP contribution in [0.2, 0.25) is 0 Å². The Morgan fingerprint density at radius 3 is 2.30 bits per heavy atom. The maximum absolute atomic E-state index is 13.6. The molecular weight excluding hydrogens is 596 g/mol. The molecule has 4 aliphatic rings. The number of carbonyl (C=O) groups is 6. The standard InChI is InChI=1S/C32H36N6O8/c1-45-27(41)15-24-30(42)38-23-13-9-20(10-14-23)28(38)31(43)37(24)17-26(40)34-16-25(39)35-22-11-7-21(8-12-22)29(33)36-32(44)46-18-19-5-3-2-4-6-19/h2-8,11-12,20,23-24,28H,9-10,13-18H2,1H3,(H,34,40)(H,35,39)(H2,33,36,44)/t20?,23?,24-,28-/m0/s1. The first-order valence-electron chi connectivity index (χ1n) is 15.1. The molecule has 0 aromatic heterocycles. The van der Waals surface area contributed by atoms with Gasteiger partial charge in [-0.15, -0.1) is 0 Å². The van der Waals surface area contributed by atoms with Crippen molar-refractivity contribution in [1.82, 2.24) is 15.1 Å². The number of amides is 5. The third-order valence-electron chi connectivity index (χ3n) is 8.56. The number of nitrogens with one attached hydrogen (secondary N) is 2. The van der Waals surface area contributed by atoms with Crippen LogP contribution in [0.25, 0.3) is 0 Å². The fourth-order valence-electron chi connectivity index (χ4n) is 6.28. The number of methoxy groups -OCH3 is 1. The lowest BCUT2D eigenvalue weighted by Gasteiger charge is -2.56. The number of esters is 1. The molecule has 6 rings (SSSR count). The molecule has 4 N–H and O–H groups in total. The van der Waals surface area contributed by atoms with Gasteiger partial charge in [-0.3, -0.25) is 24.0 Å². The van der Waals surface area contributed by atoms with Crippen LogP contribution in [0.5, 0.6) is 0 Å². The van der Waals surface area contributed by atoms with Crippen molar-refractivity contribution < 1.29 is 38.2 Å². The Labute approximate surface area is 265 Å². The van der Waals surface area contributed by atoms with Crippen molar-refractivity contribution in [2.75, 3.05) is 25.5 Å². The van der Waals surface area contributed by atoms with Crippen LogP contribution in [-0.4, -0.2) is 89.7 Å². The first-order valence-corrected chi connectivity index (χ1v) is 15.1. The summed E-state index contributed by atoms with van der Waals surface area (Å²) in [7, 11) is 1.19. The largest absolute Gasteiger partial charge is 0.469 e. The monoisotopic (exact) mass is 632 g/mol. The third kappa shape index (κ3) is 7.33. The molecule has 46 heavy (non-hydrogen) atoms. The fraction of sp³-hybridized carbons (Fsp3) is 0.406. The first kappa shape index (κ1) is 32.1. The van der Waals surface area contributed by atoms with Crippen molar-refractivity contribution in [3.05, 3.63) is 65.7 Å². The molecule has 2 atom stereocenters. The lowest BCUT2D eigenvalue weighted by molar-refractivity contribution is -0.178. The van der Waals surface area contributed by atoms with E-state index in [0.717, 1.165) is 36.1 Å². The Balaban J connectivity index is 1.13. The van der Waals surface area contributed by atoms with Gasteiger partial charge in [-0.1, -0.05) is 30.3 Å². The molecule has 2 aromatic rings. The molecule has 0 radical (unpaired) electrons.